The third-order valence-corrected chi connectivity index (χ3v) is 8.72. The van der Waals surface area contributed by atoms with Gasteiger partial charge in [-0.1, -0.05) is 41.9 Å². The van der Waals surface area contributed by atoms with Gasteiger partial charge in [0.05, 0.1) is 37.2 Å². The molecule has 0 radical (unpaired) electrons. The van der Waals surface area contributed by atoms with Gasteiger partial charge in [-0.15, -0.1) is 0 Å². The number of carboxylic acids is 2. The van der Waals surface area contributed by atoms with Gasteiger partial charge in [0.1, 0.15) is 18.0 Å². The van der Waals surface area contributed by atoms with Gasteiger partial charge in [-0.2, -0.15) is 0 Å². The number of hydrogen-bond acceptors (Lipinski definition) is 6. The fourth-order valence-electron chi connectivity index (χ4n) is 6.01. The van der Waals surface area contributed by atoms with Gasteiger partial charge < -0.3 is 24.3 Å². The van der Waals surface area contributed by atoms with Crippen molar-refractivity contribution in [1.29, 1.82) is 0 Å². The van der Waals surface area contributed by atoms with Crippen molar-refractivity contribution in [3.8, 4) is 11.5 Å². The normalized spacial score (nSPS) is 11.0. The van der Waals surface area contributed by atoms with E-state index >= 15 is 0 Å². The molecule has 0 atom stereocenters. The van der Waals surface area contributed by atoms with Gasteiger partial charge in [0.25, 0.3) is 5.91 Å². The van der Waals surface area contributed by atoms with Crippen molar-refractivity contribution in [1.82, 2.24) is 9.13 Å². The summed E-state index contributed by atoms with van der Waals surface area (Å²) in [6.07, 6.45) is 3.09. The molecule has 2 aromatic heterocycles. The lowest BCUT2D eigenvalue weighted by Crippen LogP contribution is -2.11. The van der Waals surface area contributed by atoms with Gasteiger partial charge in [-0.25, -0.2) is 0 Å². The summed E-state index contributed by atoms with van der Waals surface area (Å²) in [5, 5.41) is 20.4. The summed E-state index contributed by atoms with van der Waals surface area (Å²) in [6, 6.07) is 26.7. The highest BCUT2D eigenvalue weighted by Gasteiger charge is 2.23. The smallest absolute Gasteiger partial charge is 0.323 e. The van der Waals surface area contributed by atoms with Crippen molar-refractivity contribution in [3.63, 3.8) is 0 Å². The molecule has 11 heteroatoms. The highest BCUT2D eigenvalue weighted by Crippen LogP contribution is 2.32. The molecular weight excluding hydrogens is 672 g/mol. The second-order valence-electron chi connectivity index (χ2n) is 11.6. The summed E-state index contributed by atoms with van der Waals surface area (Å²) in [5.41, 5.74) is 5.07. The highest BCUT2D eigenvalue weighted by atomic mass is 35.5. The molecule has 0 bridgehead atoms. The molecule has 4 aromatic carbocycles. The number of nitrogens with zero attached hydrogens (tertiary/aromatic N) is 2. The first-order chi connectivity index (χ1) is 24.4. The molecule has 0 aliphatic carbocycles. The van der Waals surface area contributed by atoms with Crippen molar-refractivity contribution in [3.05, 3.63) is 136 Å². The Morgan fingerprint density at radius 1 is 0.745 bits per heavy atom. The maximum atomic E-state index is 13.0. The van der Waals surface area contributed by atoms with E-state index in [4.69, 9.17) is 21.1 Å². The first-order valence-corrected chi connectivity index (χ1v) is 16.2. The number of halogens is 1. The molecular formula is C40H35ClN2O8. The third kappa shape index (κ3) is 7.87. The Kier molecular flexibility index (Phi) is 11.1. The molecule has 0 saturated carbocycles. The summed E-state index contributed by atoms with van der Waals surface area (Å²) < 4.78 is 13.6. The lowest BCUT2D eigenvalue weighted by Gasteiger charge is -2.06. The zero-order valence-electron chi connectivity index (χ0n) is 28.3. The van der Waals surface area contributed by atoms with Crippen molar-refractivity contribution in [2.24, 2.45) is 0 Å². The summed E-state index contributed by atoms with van der Waals surface area (Å²) in [7, 11) is 3.09. The topological polar surface area (TPSA) is 137 Å². The van der Waals surface area contributed by atoms with Crippen LogP contribution in [-0.2, 0) is 22.6 Å². The molecule has 0 spiro atoms. The zero-order valence-corrected chi connectivity index (χ0v) is 29.1. The third-order valence-electron chi connectivity index (χ3n) is 8.47. The van der Waals surface area contributed by atoms with E-state index in [0.717, 1.165) is 5.56 Å². The molecule has 6 aromatic rings. The number of carbonyl (C=O) groups excluding carboxylic acids is 2. The minimum Gasteiger partial charge on any atom is -0.497 e. The van der Waals surface area contributed by atoms with Crippen LogP contribution in [0.15, 0.2) is 97.1 Å². The number of fused-ring (bicyclic) bond motifs is 2. The van der Waals surface area contributed by atoms with Crippen LogP contribution in [0.1, 0.15) is 43.2 Å². The van der Waals surface area contributed by atoms with E-state index in [-0.39, 0.29) is 24.7 Å². The fourth-order valence-corrected chi connectivity index (χ4v) is 6.13. The quantitative estimate of drug-likeness (QED) is 0.109. The van der Waals surface area contributed by atoms with E-state index in [0.29, 0.717) is 66.4 Å². The van der Waals surface area contributed by atoms with Crippen LogP contribution in [0.5, 0.6) is 11.5 Å². The summed E-state index contributed by atoms with van der Waals surface area (Å²) >= 11 is 5.89. The average Bonchev–Trinajstić information content (AvgIpc) is 3.55. The molecule has 0 unspecified atom stereocenters. The van der Waals surface area contributed by atoms with Gasteiger partial charge >= 0.3 is 11.9 Å². The number of ketones is 1. The lowest BCUT2D eigenvalue weighted by molar-refractivity contribution is -0.138. The van der Waals surface area contributed by atoms with Crippen LogP contribution in [0.4, 0.5) is 0 Å². The van der Waals surface area contributed by atoms with E-state index in [1.165, 1.54) is 13.2 Å². The fraction of sp³-hybridized carbons (Fsp3) is 0.150. The second kappa shape index (κ2) is 15.6. The van der Waals surface area contributed by atoms with E-state index in [1.54, 1.807) is 96.8 Å². The number of allylic oxidation sites excluding steroid dienone is 1. The molecule has 0 fully saturated rings. The number of rotatable bonds is 10. The Bertz CT molecular complexity index is 2300. The minimum absolute atomic E-state index is 0.155. The number of hydrogen-bond donors (Lipinski definition) is 2. The van der Waals surface area contributed by atoms with Crippen LogP contribution < -0.4 is 9.47 Å². The van der Waals surface area contributed by atoms with E-state index in [2.05, 4.69) is 0 Å². The Morgan fingerprint density at radius 2 is 1.39 bits per heavy atom. The molecule has 2 heterocycles. The van der Waals surface area contributed by atoms with Gasteiger partial charge in [-0.3, -0.25) is 23.7 Å². The van der Waals surface area contributed by atoms with Crippen LogP contribution in [0, 0.1) is 13.8 Å². The van der Waals surface area contributed by atoms with Crippen molar-refractivity contribution in [2.75, 3.05) is 14.2 Å². The molecule has 10 nitrogen and oxygen atoms in total. The molecule has 260 valence electrons. The monoisotopic (exact) mass is 706 g/mol. The first-order valence-electron chi connectivity index (χ1n) is 15.8. The summed E-state index contributed by atoms with van der Waals surface area (Å²) in [5.74, 6) is -1.10. The lowest BCUT2D eigenvalue weighted by atomic mass is 10.0. The van der Waals surface area contributed by atoms with Crippen molar-refractivity contribution < 1.29 is 38.9 Å². The molecule has 51 heavy (non-hydrogen) atoms. The zero-order chi connectivity index (χ0) is 36.8. The number of benzene rings is 4. The summed E-state index contributed by atoms with van der Waals surface area (Å²) in [4.78, 5) is 48.3. The van der Waals surface area contributed by atoms with Crippen LogP contribution in [0.25, 0.3) is 27.9 Å². The SMILES string of the molecule is COc1ccc2c(C(=O)c3ccc(Cl)cc3)c(C)n(CC(=O)O)c2c1.COc1ccc2c(c1)c(CC(=O)O)c(C)n2C(=O)/C=C/c1ccccc1. The maximum Gasteiger partial charge on any atom is 0.323 e. The molecule has 0 aliphatic rings. The summed E-state index contributed by atoms with van der Waals surface area (Å²) in [6.45, 7) is 3.28. The van der Waals surface area contributed by atoms with Crippen LogP contribution in [0.2, 0.25) is 5.02 Å². The number of aromatic nitrogens is 2. The first kappa shape index (κ1) is 36.2. The van der Waals surface area contributed by atoms with Gasteiger partial charge in [0.15, 0.2) is 5.78 Å². The number of carboxylic acid groups (broad SMARTS) is 2. The molecule has 0 saturated heterocycles. The standard InChI is InChI=1S/C21H19NO4.C19H16ClNO4/c1-14-17(13-21(24)25)18-12-16(26-2)9-10-19(18)22(14)20(23)11-8-15-6-4-3-5-7-15;1-11-18(19(24)12-3-5-13(20)6-4-12)15-8-7-14(25-2)9-16(15)21(11)10-17(22)23/h3-12H,13H2,1-2H3,(H,24,25);3-9H,10H2,1-2H3,(H,22,23)/b11-8+;. The number of ether oxygens (including phenoxy) is 2. The second-order valence-corrected chi connectivity index (χ2v) is 12.0. The van der Waals surface area contributed by atoms with Gasteiger partial charge in [-0.05, 0) is 85.6 Å². The predicted molar refractivity (Wildman–Crippen MR) is 196 cm³/mol. The molecule has 2 N–H and O–H groups in total. The van der Waals surface area contributed by atoms with Crippen LogP contribution in [-0.4, -0.2) is 57.2 Å². The van der Waals surface area contributed by atoms with E-state index in [1.807, 2.05) is 30.3 Å². The number of aliphatic carboxylic acids is 2. The van der Waals surface area contributed by atoms with E-state index < -0.39 is 11.9 Å². The Balaban J connectivity index is 0.000000198. The number of methoxy groups -OCH3 is 2. The minimum atomic E-state index is -0.978. The maximum absolute atomic E-state index is 13.0. The van der Waals surface area contributed by atoms with Crippen molar-refractivity contribution in [2.45, 2.75) is 26.8 Å². The molecule has 0 aliphatic heterocycles. The van der Waals surface area contributed by atoms with Crippen LogP contribution >= 0.6 is 11.6 Å². The van der Waals surface area contributed by atoms with Crippen LogP contribution in [0.3, 0.4) is 0 Å². The largest absolute Gasteiger partial charge is 0.497 e. The van der Waals surface area contributed by atoms with Gasteiger partial charge in [0.2, 0.25) is 0 Å². The Hall–Kier alpha value is -6.13. The number of carbonyl (C=O) groups is 4. The molecule has 6 rings (SSSR count). The predicted octanol–water partition coefficient (Wildman–Crippen LogP) is 7.87. The highest BCUT2D eigenvalue weighted by molar-refractivity contribution is 6.30. The van der Waals surface area contributed by atoms with E-state index in [9.17, 15) is 29.4 Å². The average molecular weight is 707 g/mol. The molecule has 0 amide bonds. The Labute approximate surface area is 298 Å². The van der Waals surface area contributed by atoms with Gasteiger partial charge in [0, 0.05) is 44.9 Å². The van der Waals surface area contributed by atoms with Crippen molar-refractivity contribution >= 4 is 63.1 Å². The Morgan fingerprint density at radius 3 is 2.02 bits per heavy atom.